The maximum Gasteiger partial charge on any atom is 0.316 e. The van der Waals surface area contributed by atoms with Crippen molar-refractivity contribution in [3.63, 3.8) is 0 Å². The molecule has 0 saturated carbocycles. The highest BCUT2D eigenvalue weighted by Gasteiger charge is 2.17. The molecule has 0 fully saturated rings. The zero-order valence-electron chi connectivity index (χ0n) is 13.8. The molecule has 3 heterocycles. The third-order valence-electron chi connectivity index (χ3n) is 3.53. The van der Waals surface area contributed by atoms with Crippen LogP contribution in [0.2, 0.25) is 0 Å². The number of thioether (sulfide) groups is 1. The zero-order chi connectivity index (χ0) is 16.9. The summed E-state index contributed by atoms with van der Waals surface area (Å²) in [5.74, 6) is 1.23. The van der Waals surface area contributed by atoms with Crippen LogP contribution in [-0.2, 0) is 5.75 Å². The normalized spacial score (nSPS) is 12.3. The Morgan fingerprint density at radius 2 is 2.04 bits per heavy atom. The van der Waals surface area contributed by atoms with E-state index in [0.29, 0.717) is 17.7 Å². The molecule has 1 unspecified atom stereocenters. The Hall–Kier alpha value is -1.93. The predicted molar refractivity (Wildman–Crippen MR) is 96.3 cm³/mol. The highest BCUT2D eigenvalue weighted by Crippen LogP contribution is 2.28. The lowest BCUT2D eigenvalue weighted by molar-refractivity contribution is 0.517. The third kappa shape index (κ3) is 4.12. The van der Waals surface area contributed by atoms with Gasteiger partial charge in [0.15, 0.2) is 0 Å². The van der Waals surface area contributed by atoms with E-state index < -0.39 is 0 Å². The third-order valence-corrected chi connectivity index (χ3v) is 5.71. The van der Waals surface area contributed by atoms with Gasteiger partial charge in [-0.3, -0.25) is 4.98 Å². The van der Waals surface area contributed by atoms with Crippen LogP contribution in [0.25, 0.3) is 0 Å². The number of rotatable bonds is 7. The molecule has 1 atom stereocenters. The Bertz CT molecular complexity index is 767. The summed E-state index contributed by atoms with van der Waals surface area (Å²) in [6.45, 7) is 6.23. The van der Waals surface area contributed by atoms with Gasteiger partial charge in [-0.2, -0.15) is 0 Å². The molecule has 6 nitrogen and oxygen atoms in total. The van der Waals surface area contributed by atoms with Gasteiger partial charge in [0.1, 0.15) is 5.01 Å². The van der Waals surface area contributed by atoms with Crippen LogP contribution in [0.3, 0.4) is 0 Å². The zero-order valence-corrected chi connectivity index (χ0v) is 15.4. The van der Waals surface area contributed by atoms with Crippen LogP contribution in [0.15, 0.2) is 33.8 Å². The van der Waals surface area contributed by atoms with E-state index in [1.807, 2.05) is 19.1 Å². The summed E-state index contributed by atoms with van der Waals surface area (Å²) in [6.07, 6.45) is 4.44. The van der Waals surface area contributed by atoms with E-state index in [1.165, 1.54) is 4.88 Å². The number of nitrogens with zero attached hydrogens (tertiary/aromatic N) is 4. The molecule has 1 N–H and O–H groups in total. The van der Waals surface area contributed by atoms with Gasteiger partial charge in [0.25, 0.3) is 0 Å². The summed E-state index contributed by atoms with van der Waals surface area (Å²) >= 11 is 3.35. The second-order valence-electron chi connectivity index (χ2n) is 5.27. The van der Waals surface area contributed by atoms with Crippen LogP contribution in [0.1, 0.15) is 40.9 Å². The van der Waals surface area contributed by atoms with Crippen LogP contribution in [0, 0.1) is 13.8 Å². The number of anilines is 1. The van der Waals surface area contributed by atoms with Gasteiger partial charge < -0.3 is 9.73 Å². The highest BCUT2D eigenvalue weighted by atomic mass is 32.2. The average Bonchev–Trinajstić information content (AvgIpc) is 3.18. The summed E-state index contributed by atoms with van der Waals surface area (Å²) < 4.78 is 5.70. The lowest BCUT2D eigenvalue weighted by atomic mass is 10.2. The topological polar surface area (TPSA) is 76.7 Å². The Balaban J connectivity index is 1.62. The molecule has 8 heteroatoms. The standard InChI is InChI=1S/C16H19N5OS2/c1-4-13(15-18-10(2)11(3)24-15)19-16-21-20-14(22-16)9-23-12-5-7-17-8-6-12/h5-8,13H,4,9H2,1-3H3,(H,19,21). The first-order valence-corrected chi connectivity index (χ1v) is 9.51. The second-order valence-corrected chi connectivity index (χ2v) is 7.55. The first-order chi connectivity index (χ1) is 11.7. The minimum absolute atomic E-state index is 0.0866. The maximum absolute atomic E-state index is 5.70. The first-order valence-electron chi connectivity index (χ1n) is 7.71. The fraction of sp³-hybridized carbons (Fsp3) is 0.375. The molecule has 0 bridgehead atoms. The van der Waals surface area contributed by atoms with E-state index in [9.17, 15) is 0 Å². The molecular weight excluding hydrogens is 342 g/mol. The van der Waals surface area contributed by atoms with Gasteiger partial charge >= 0.3 is 6.01 Å². The molecule has 0 spiro atoms. The Labute approximate surface area is 149 Å². The van der Waals surface area contributed by atoms with Gasteiger partial charge in [0.05, 0.1) is 17.5 Å². The Morgan fingerprint density at radius 3 is 2.71 bits per heavy atom. The van der Waals surface area contributed by atoms with Crippen molar-refractivity contribution in [2.45, 2.75) is 43.9 Å². The van der Waals surface area contributed by atoms with Crippen LogP contribution < -0.4 is 5.32 Å². The second kappa shape index (κ2) is 7.76. The molecular formula is C16H19N5OS2. The number of pyridine rings is 1. The minimum Gasteiger partial charge on any atom is -0.407 e. The molecule has 0 aliphatic rings. The van der Waals surface area contributed by atoms with Gasteiger partial charge in [-0.15, -0.1) is 28.2 Å². The van der Waals surface area contributed by atoms with Crippen LogP contribution in [0.5, 0.6) is 0 Å². The summed E-state index contributed by atoms with van der Waals surface area (Å²) in [6, 6.07) is 4.45. The monoisotopic (exact) mass is 361 g/mol. The van der Waals surface area contributed by atoms with Crippen molar-refractivity contribution in [3.05, 3.63) is 46.0 Å². The van der Waals surface area contributed by atoms with Crippen LogP contribution >= 0.6 is 23.1 Å². The summed E-state index contributed by atoms with van der Waals surface area (Å²) in [5, 5.41) is 12.5. The molecule has 24 heavy (non-hydrogen) atoms. The van der Waals surface area contributed by atoms with E-state index >= 15 is 0 Å². The minimum atomic E-state index is 0.0866. The fourth-order valence-electron chi connectivity index (χ4n) is 2.08. The molecule has 3 rings (SSSR count). The maximum atomic E-state index is 5.70. The first kappa shape index (κ1) is 16.9. The molecule has 3 aromatic rings. The molecule has 0 aliphatic carbocycles. The van der Waals surface area contributed by atoms with Crippen LogP contribution in [0.4, 0.5) is 6.01 Å². The van der Waals surface area contributed by atoms with E-state index in [4.69, 9.17) is 4.42 Å². The highest BCUT2D eigenvalue weighted by molar-refractivity contribution is 7.98. The molecule has 126 valence electrons. The van der Waals surface area contributed by atoms with Gasteiger partial charge in [0.2, 0.25) is 5.89 Å². The lowest BCUT2D eigenvalue weighted by Crippen LogP contribution is -2.09. The Morgan fingerprint density at radius 1 is 1.25 bits per heavy atom. The average molecular weight is 361 g/mol. The van der Waals surface area contributed by atoms with Crippen molar-refractivity contribution in [3.8, 4) is 0 Å². The molecule has 0 amide bonds. The number of aryl methyl sites for hydroxylation is 2. The summed E-state index contributed by atoms with van der Waals surface area (Å²) in [5.41, 5.74) is 1.08. The van der Waals surface area contributed by atoms with Gasteiger partial charge in [0, 0.05) is 22.2 Å². The molecule has 0 aromatic carbocycles. The van der Waals surface area contributed by atoms with Crippen molar-refractivity contribution < 1.29 is 4.42 Å². The quantitative estimate of drug-likeness (QED) is 0.625. The van der Waals surface area contributed by atoms with E-state index in [2.05, 4.69) is 39.3 Å². The van der Waals surface area contributed by atoms with Crippen molar-refractivity contribution in [2.24, 2.45) is 0 Å². The van der Waals surface area contributed by atoms with Gasteiger partial charge in [-0.1, -0.05) is 12.0 Å². The molecule has 0 saturated heterocycles. The smallest absolute Gasteiger partial charge is 0.316 e. The number of hydrogen-bond donors (Lipinski definition) is 1. The summed E-state index contributed by atoms with van der Waals surface area (Å²) in [7, 11) is 0. The number of thiazole rings is 1. The van der Waals surface area contributed by atoms with E-state index in [0.717, 1.165) is 22.0 Å². The van der Waals surface area contributed by atoms with Crippen molar-refractivity contribution in [1.29, 1.82) is 0 Å². The Kier molecular flexibility index (Phi) is 5.47. The van der Waals surface area contributed by atoms with Gasteiger partial charge in [-0.05, 0) is 32.4 Å². The van der Waals surface area contributed by atoms with E-state index in [-0.39, 0.29) is 6.04 Å². The lowest BCUT2D eigenvalue weighted by Gasteiger charge is -2.11. The molecule has 3 aromatic heterocycles. The molecule has 0 aliphatic heterocycles. The molecule has 0 radical (unpaired) electrons. The predicted octanol–water partition coefficient (Wildman–Crippen LogP) is 4.39. The number of nitrogens with one attached hydrogen (secondary N) is 1. The largest absolute Gasteiger partial charge is 0.407 e. The van der Waals surface area contributed by atoms with Crippen molar-refractivity contribution in [1.82, 2.24) is 20.2 Å². The van der Waals surface area contributed by atoms with Gasteiger partial charge in [-0.25, -0.2) is 4.98 Å². The van der Waals surface area contributed by atoms with Crippen molar-refractivity contribution >= 4 is 29.1 Å². The van der Waals surface area contributed by atoms with Crippen LogP contribution in [-0.4, -0.2) is 20.2 Å². The van der Waals surface area contributed by atoms with Crippen molar-refractivity contribution in [2.75, 3.05) is 5.32 Å². The number of hydrogen-bond acceptors (Lipinski definition) is 8. The fourth-order valence-corrected chi connectivity index (χ4v) is 3.86. The number of aromatic nitrogens is 4. The SMILES string of the molecule is CCC(Nc1nnc(CSc2ccncc2)o1)c1nc(C)c(C)s1. The summed E-state index contributed by atoms with van der Waals surface area (Å²) in [4.78, 5) is 11.0. The van der Waals surface area contributed by atoms with E-state index in [1.54, 1.807) is 35.5 Å².